The third-order valence-electron chi connectivity index (χ3n) is 5.73. The van der Waals surface area contributed by atoms with E-state index in [1.54, 1.807) is 12.1 Å². The van der Waals surface area contributed by atoms with Crippen LogP contribution in [0.2, 0.25) is 0 Å². The number of carbonyl (C=O) groups excluding carboxylic acids is 2. The highest BCUT2D eigenvalue weighted by Crippen LogP contribution is 2.40. The molecular formula is C23H26N2O5. The van der Waals surface area contributed by atoms with E-state index >= 15 is 0 Å². The first-order valence-corrected chi connectivity index (χ1v) is 10.2. The van der Waals surface area contributed by atoms with Crippen molar-refractivity contribution in [2.45, 2.75) is 24.7 Å². The molecule has 7 heteroatoms. The predicted octanol–water partition coefficient (Wildman–Crippen LogP) is 2.40. The first-order valence-electron chi connectivity index (χ1n) is 10.2. The zero-order chi connectivity index (χ0) is 20.8. The quantitative estimate of drug-likeness (QED) is 0.732. The Morgan fingerprint density at radius 1 is 0.933 bits per heavy atom. The summed E-state index contributed by atoms with van der Waals surface area (Å²) < 4.78 is 16.5. The van der Waals surface area contributed by atoms with Gasteiger partial charge >= 0.3 is 0 Å². The average molecular weight is 410 g/mol. The predicted molar refractivity (Wildman–Crippen MR) is 111 cm³/mol. The Balaban J connectivity index is 1.33. The minimum Gasteiger partial charge on any atom is -0.454 e. The normalized spacial score (nSPS) is 16.7. The maximum Gasteiger partial charge on any atom is 0.251 e. The van der Waals surface area contributed by atoms with E-state index in [2.05, 4.69) is 10.6 Å². The van der Waals surface area contributed by atoms with Crippen molar-refractivity contribution in [1.29, 1.82) is 0 Å². The van der Waals surface area contributed by atoms with Crippen molar-refractivity contribution in [1.82, 2.24) is 10.6 Å². The van der Waals surface area contributed by atoms with E-state index in [1.165, 1.54) is 0 Å². The van der Waals surface area contributed by atoms with Gasteiger partial charge in [0.1, 0.15) is 0 Å². The molecule has 7 nitrogen and oxygen atoms in total. The average Bonchev–Trinajstić information content (AvgIpc) is 3.27. The van der Waals surface area contributed by atoms with Gasteiger partial charge in [0.25, 0.3) is 5.91 Å². The molecule has 1 saturated heterocycles. The van der Waals surface area contributed by atoms with E-state index < -0.39 is 0 Å². The Morgan fingerprint density at radius 3 is 2.50 bits per heavy atom. The molecule has 0 radical (unpaired) electrons. The van der Waals surface area contributed by atoms with Crippen LogP contribution in [0.25, 0.3) is 0 Å². The van der Waals surface area contributed by atoms with Gasteiger partial charge in [-0.3, -0.25) is 9.59 Å². The largest absolute Gasteiger partial charge is 0.454 e. The van der Waals surface area contributed by atoms with E-state index in [0.29, 0.717) is 31.9 Å². The van der Waals surface area contributed by atoms with Crippen molar-refractivity contribution in [3.8, 4) is 11.5 Å². The highest BCUT2D eigenvalue weighted by molar-refractivity contribution is 5.94. The molecule has 0 aliphatic carbocycles. The lowest BCUT2D eigenvalue weighted by molar-refractivity contribution is -0.121. The lowest BCUT2D eigenvalue weighted by Crippen LogP contribution is -2.45. The molecule has 0 unspecified atom stereocenters. The van der Waals surface area contributed by atoms with Crippen molar-refractivity contribution in [3.05, 3.63) is 59.7 Å². The van der Waals surface area contributed by atoms with Crippen molar-refractivity contribution in [2.24, 2.45) is 0 Å². The van der Waals surface area contributed by atoms with E-state index in [0.717, 1.165) is 29.9 Å². The summed E-state index contributed by atoms with van der Waals surface area (Å²) in [7, 11) is 0. The van der Waals surface area contributed by atoms with Crippen molar-refractivity contribution < 1.29 is 23.8 Å². The van der Waals surface area contributed by atoms with E-state index in [9.17, 15) is 9.59 Å². The fraction of sp³-hybridized carbons (Fsp3) is 0.391. The summed E-state index contributed by atoms with van der Waals surface area (Å²) >= 11 is 0. The molecule has 2 aliphatic heterocycles. The van der Waals surface area contributed by atoms with Gasteiger partial charge in [-0.25, -0.2) is 0 Å². The van der Waals surface area contributed by atoms with Gasteiger partial charge in [0.2, 0.25) is 12.7 Å². The SMILES string of the molecule is O=C(CCNC(=O)c1ccccc1)NCC1(c2ccc3c(c2)OCO3)CCOCC1. The summed E-state index contributed by atoms with van der Waals surface area (Å²) in [5.74, 6) is 1.23. The molecule has 2 N–H and O–H groups in total. The summed E-state index contributed by atoms with van der Waals surface area (Å²) in [6.45, 7) is 2.34. The number of ether oxygens (including phenoxy) is 3. The van der Waals surface area contributed by atoms with Crippen LogP contribution in [-0.2, 0) is 14.9 Å². The maximum atomic E-state index is 12.4. The van der Waals surface area contributed by atoms with Crippen LogP contribution in [0.15, 0.2) is 48.5 Å². The summed E-state index contributed by atoms with van der Waals surface area (Å²) in [6.07, 6.45) is 1.86. The van der Waals surface area contributed by atoms with Crippen LogP contribution in [0.4, 0.5) is 0 Å². The number of rotatable bonds is 7. The molecule has 2 amide bonds. The number of hydrogen-bond acceptors (Lipinski definition) is 5. The van der Waals surface area contributed by atoms with Gasteiger partial charge < -0.3 is 24.8 Å². The van der Waals surface area contributed by atoms with Crippen LogP contribution in [0.1, 0.15) is 35.2 Å². The van der Waals surface area contributed by atoms with Crippen molar-refractivity contribution in [3.63, 3.8) is 0 Å². The number of carbonyl (C=O) groups is 2. The molecule has 158 valence electrons. The Morgan fingerprint density at radius 2 is 1.70 bits per heavy atom. The Hall–Kier alpha value is -3.06. The van der Waals surface area contributed by atoms with Gasteiger partial charge in [-0.1, -0.05) is 24.3 Å². The molecule has 2 aromatic carbocycles. The number of amides is 2. The Labute approximate surface area is 175 Å². The molecule has 2 aromatic rings. The minimum atomic E-state index is -0.206. The van der Waals surface area contributed by atoms with Gasteiger partial charge in [0.05, 0.1) is 0 Å². The molecular weight excluding hydrogens is 384 g/mol. The topological polar surface area (TPSA) is 85.9 Å². The van der Waals surface area contributed by atoms with Crippen LogP contribution >= 0.6 is 0 Å². The number of nitrogens with one attached hydrogen (secondary N) is 2. The molecule has 0 spiro atoms. The maximum absolute atomic E-state index is 12.4. The van der Waals surface area contributed by atoms with Gasteiger partial charge in [0, 0.05) is 43.7 Å². The summed E-state index contributed by atoms with van der Waals surface area (Å²) in [5.41, 5.74) is 1.50. The molecule has 4 rings (SSSR count). The second-order valence-corrected chi connectivity index (χ2v) is 7.61. The van der Waals surface area contributed by atoms with Crippen LogP contribution < -0.4 is 20.1 Å². The monoisotopic (exact) mass is 410 g/mol. The fourth-order valence-electron chi connectivity index (χ4n) is 3.89. The van der Waals surface area contributed by atoms with E-state index in [-0.39, 0.29) is 30.4 Å². The minimum absolute atomic E-state index is 0.0880. The van der Waals surface area contributed by atoms with Crippen LogP contribution in [0.5, 0.6) is 11.5 Å². The molecule has 0 atom stereocenters. The highest BCUT2D eigenvalue weighted by Gasteiger charge is 2.36. The van der Waals surface area contributed by atoms with Gasteiger partial charge in [0.15, 0.2) is 11.5 Å². The third-order valence-corrected chi connectivity index (χ3v) is 5.73. The van der Waals surface area contributed by atoms with E-state index in [4.69, 9.17) is 14.2 Å². The lowest BCUT2D eigenvalue weighted by atomic mass is 9.74. The zero-order valence-corrected chi connectivity index (χ0v) is 16.8. The number of benzene rings is 2. The highest BCUT2D eigenvalue weighted by atomic mass is 16.7. The first-order chi connectivity index (χ1) is 14.7. The molecule has 0 bridgehead atoms. The van der Waals surface area contributed by atoms with Crippen LogP contribution in [-0.4, -0.2) is 44.9 Å². The Bertz CT molecular complexity index is 894. The molecule has 0 aromatic heterocycles. The first kappa shape index (κ1) is 20.2. The van der Waals surface area contributed by atoms with Crippen LogP contribution in [0.3, 0.4) is 0 Å². The molecule has 30 heavy (non-hydrogen) atoms. The van der Waals surface area contributed by atoms with Gasteiger partial charge in [-0.05, 0) is 42.7 Å². The molecule has 0 saturated carbocycles. The standard InChI is InChI=1S/C23H26N2O5/c26-21(8-11-24-22(27)17-4-2-1-3-5-17)25-15-23(9-12-28-13-10-23)18-6-7-19-20(14-18)30-16-29-19/h1-7,14H,8-13,15-16H2,(H,24,27)(H,25,26). The van der Waals surface area contributed by atoms with Gasteiger partial charge in [-0.2, -0.15) is 0 Å². The fourth-order valence-corrected chi connectivity index (χ4v) is 3.89. The summed E-state index contributed by atoms with van der Waals surface area (Å²) in [4.78, 5) is 24.5. The smallest absolute Gasteiger partial charge is 0.251 e. The number of hydrogen-bond donors (Lipinski definition) is 2. The summed E-state index contributed by atoms with van der Waals surface area (Å²) in [5, 5.41) is 5.84. The van der Waals surface area contributed by atoms with Crippen LogP contribution in [0, 0.1) is 0 Å². The third kappa shape index (κ3) is 4.57. The van der Waals surface area contributed by atoms with E-state index in [1.807, 2.05) is 36.4 Å². The molecule has 2 aliphatic rings. The zero-order valence-electron chi connectivity index (χ0n) is 16.8. The Kier molecular flexibility index (Phi) is 6.18. The molecule has 1 fully saturated rings. The van der Waals surface area contributed by atoms with Gasteiger partial charge in [-0.15, -0.1) is 0 Å². The molecule has 2 heterocycles. The van der Waals surface area contributed by atoms with Crippen molar-refractivity contribution >= 4 is 11.8 Å². The van der Waals surface area contributed by atoms with Crippen molar-refractivity contribution in [2.75, 3.05) is 33.1 Å². The summed E-state index contributed by atoms with van der Waals surface area (Å²) in [6, 6.07) is 15.0. The lowest BCUT2D eigenvalue weighted by Gasteiger charge is -2.38. The number of fused-ring (bicyclic) bond motifs is 1. The second kappa shape index (κ2) is 9.17. The second-order valence-electron chi connectivity index (χ2n) is 7.61.